The van der Waals surface area contributed by atoms with Crippen LogP contribution in [0.3, 0.4) is 0 Å². The second-order valence-electron chi connectivity index (χ2n) is 3.76. The molecule has 0 unspecified atom stereocenters. The average Bonchev–Trinajstić information content (AvgIpc) is 2.43. The van der Waals surface area contributed by atoms with Crippen LogP contribution in [0, 0.1) is 0 Å². The Bertz CT molecular complexity index is 640. The Labute approximate surface area is 127 Å². The molecular formula is C12H13ClN2O5S. The zero-order valence-electron chi connectivity index (χ0n) is 11.0. The molecule has 2 N–H and O–H groups in total. The number of sulfonamides is 1. The number of carbonyl (C=O) groups is 2. The van der Waals surface area contributed by atoms with Crippen LogP contribution in [-0.4, -0.2) is 34.1 Å². The molecule has 0 saturated carbocycles. The second-order valence-corrected chi connectivity index (χ2v) is 5.76. The highest BCUT2D eigenvalue weighted by Crippen LogP contribution is 2.10. The van der Waals surface area contributed by atoms with Crippen LogP contribution in [0.2, 0.25) is 5.02 Å². The lowest BCUT2D eigenvalue weighted by atomic mass is 10.2. The van der Waals surface area contributed by atoms with Gasteiger partial charge in [-0.25, -0.2) is 17.9 Å². The van der Waals surface area contributed by atoms with E-state index in [1.54, 1.807) is 29.0 Å². The molecular weight excluding hydrogens is 320 g/mol. The number of halogens is 1. The molecule has 0 spiro atoms. The van der Waals surface area contributed by atoms with Gasteiger partial charge < -0.3 is 10.1 Å². The normalized spacial score (nSPS) is 11.1. The molecule has 1 aromatic carbocycles. The largest absolute Gasteiger partial charge is 0.468 e. The lowest BCUT2D eigenvalue weighted by Gasteiger charge is -2.04. The monoisotopic (exact) mass is 332 g/mol. The number of benzene rings is 1. The quantitative estimate of drug-likeness (QED) is 0.786. The van der Waals surface area contributed by atoms with Crippen LogP contribution in [-0.2, 0) is 19.6 Å². The maximum absolute atomic E-state index is 11.6. The van der Waals surface area contributed by atoms with Crippen LogP contribution in [0.4, 0.5) is 4.79 Å². The summed E-state index contributed by atoms with van der Waals surface area (Å²) in [5.74, 6) is -0.695. The Morgan fingerprint density at radius 2 is 1.90 bits per heavy atom. The minimum atomic E-state index is -3.97. The van der Waals surface area contributed by atoms with Gasteiger partial charge in [0.05, 0.1) is 12.5 Å². The molecule has 0 radical (unpaired) electrons. The minimum Gasteiger partial charge on any atom is -0.468 e. The third-order valence-electron chi connectivity index (χ3n) is 2.17. The molecule has 114 valence electrons. The number of amides is 2. The van der Waals surface area contributed by atoms with Crippen molar-refractivity contribution in [2.75, 3.05) is 13.7 Å². The third kappa shape index (κ3) is 6.77. The van der Waals surface area contributed by atoms with Crippen LogP contribution < -0.4 is 10.0 Å². The molecule has 0 aliphatic carbocycles. The fraction of sp³-hybridized carbons (Fsp3) is 0.167. The van der Waals surface area contributed by atoms with Crippen molar-refractivity contribution >= 4 is 39.7 Å². The van der Waals surface area contributed by atoms with E-state index in [9.17, 15) is 18.0 Å². The van der Waals surface area contributed by atoms with E-state index in [-0.39, 0.29) is 0 Å². The van der Waals surface area contributed by atoms with E-state index in [0.717, 1.165) is 12.5 Å². The Balaban J connectivity index is 2.59. The highest BCUT2D eigenvalue weighted by atomic mass is 35.5. The van der Waals surface area contributed by atoms with Gasteiger partial charge in [-0.05, 0) is 23.8 Å². The number of methoxy groups -OCH3 is 1. The molecule has 0 atom stereocenters. The first-order valence-electron chi connectivity index (χ1n) is 5.63. The number of hydrogen-bond donors (Lipinski definition) is 2. The predicted octanol–water partition coefficient (Wildman–Crippen LogP) is 1.11. The first-order valence-corrected chi connectivity index (χ1v) is 7.56. The van der Waals surface area contributed by atoms with Gasteiger partial charge in [0.1, 0.15) is 6.54 Å². The van der Waals surface area contributed by atoms with E-state index in [4.69, 9.17) is 11.6 Å². The molecule has 1 rings (SSSR count). The van der Waals surface area contributed by atoms with Crippen molar-refractivity contribution in [3.05, 3.63) is 40.3 Å². The topological polar surface area (TPSA) is 102 Å². The molecule has 0 aliphatic heterocycles. The zero-order chi connectivity index (χ0) is 15.9. The lowest BCUT2D eigenvalue weighted by molar-refractivity contribution is -0.139. The maximum Gasteiger partial charge on any atom is 0.329 e. The summed E-state index contributed by atoms with van der Waals surface area (Å²) in [5, 5.41) is 3.39. The third-order valence-corrected chi connectivity index (χ3v) is 3.38. The van der Waals surface area contributed by atoms with Crippen molar-refractivity contribution in [2.24, 2.45) is 0 Å². The van der Waals surface area contributed by atoms with E-state index in [2.05, 4.69) is 4.74 Å². The molecule has 7 nitrogen and oxygen atoms in total. The van der Waals surface area contributed by atoms with E-state index in [0.29, 0.717) is 10.6 Å². The number of urea groups is 1. The zero-order valence-corrected chi connectivity index (χ0v) is 12.6. The Kier molecular flexibility index (Phi) is 6.19. The molecule has 1 aromatic rings. The number of ether oxygens (including phenoxy) is 1. The van der Waals surface area contributed by atoms with Gasteiger partial charge in [0.15, 0.2) is 0 Å². The maximum atomic E-state index is 11.6. The van der Waals surface area contributed by atoms with Crippen LogP contribution >= 0.6 is 11.6 Å². The number of hydrogen-bond acceptors (Lipinski definition) is 5. The predicted molar refractivity (Wildman–Crippen MR) is 78.0 cm³/mol. The lowest BCUT2D eigenvalue weighted by Crippen LogP contribution is -2.41. The van der Waals surface area contributed by atoms with Crippen LogP contribution in [0.15, 0.2) is 29.7 Å². The summed E-state index contributed by atoms with van der Waals surface area (Å²) in [5.41, 5.74) is 0.597. The number of carbonyl (C=O) groups excluding carboxylic acids is 2. The van der Waals surface area contributed by atoms with Crippen molar-refractivity contribution in [3.8, 4) is 0 Å². The molecule has 21 heavy (non-hydrogen) atoms. The first kappa shape index (κ1) is 17.0. The highest BCUT2D eigenvalue weighted by molar-refractivity contribution is 7.93. The molecule has 9 heteroatoms. The summed E-state index contributed by atoms with van der Waals surface area (Å²) in [6.45, 7) is -0.432. The summed E-state index contributed by atoms with van der Waals surface area (Å²) in [4.78, 5) is 22.1. The van der Waals surface area contributed by atoms with Crippen LogP contribution in [0.25, 0.3) is 6.08 Å². The molecule has 0 saturated heterocycles. The fourth-order valence-electron chi connectivity index (χ4n) is 1.17. The van der Waals surface area contributed by atoms with Crippen LogP contribution in [0.1, 0.15) is 5.56 Å². The first-order chi connectivity index (χ1) is 9.82. The fourth-order valence-corrected chi connectivity index (χ4v) is 2.03. The summed E-state index contributed by atoms with van der Waals surface area (Å²) in [7, 11) is -2.83. The van der Waals surface area contributed by atoms with Gasteiger partial charge in [-0.1, -0.05) is 23.7 Å². The van der Waals surface area contributed by atoms with Crippen molar-refractivity contribution in [1.82, 2.24) is 10.0 Å². The molecule has 0 fully saturated rings. The van der Waals surface area contributed by atoms with Crippen molar-refractivity contribution < 1.29 is 22.7 Å². The summed E-state index contributed by atoms with van der Waals surface area (Å²) in [6, 6.07) is 5.41. The highest BCUT2D eigenvalue weighted by Gasteiger charge is 2.11. The molecule has 2 amide bonds. The number of rotatable bonds is 5. The molecule has 0 aliphatic rings. The van der Waals surface area contributed by atoms with E-state index >= 15 is 0 Å². The number of esters is 1. The SMILES string of the molecule is COC(=O)CNC(=O)NS(=O)(=O)C=Cc1ccc(Cl)cc1. The van der Waals surface area contributed by atoms with Gasteiger partial charge in [-0.2, -0.15) is 0 Å². The second kappa shape index (κ2) is 7.65. The number of nitrogens with one attached hydrogen (secondary N) is 2. The van der Waals surface area contributed by atoms with Gasteiger partial charge in [0.2, 0.25) is 0 Å². The van der Waals surface area contributed by atoms with Gasteiger partial charge in [0, 0.05) is 5.02 Å². The average molecular weight is 333 g/mol. The molecule has 0 bridgehead atoms. The van der Waals surface area contributed by atoms with E-state index < -0.39 is 28.6 Å². The summed E-state index contributed by atoms with van der Waals surface area (Å²) in [6.07, 6.45) is 1.30. The Hall–Kier alpha value is -2.06. The smallest absolute Gasteiger partial charge is 0.329 e. The summed E-state index contributed by atoms with van der Waals surface area (Å²) < 4.78 is 29.2. The van der Waals surface area contributed by atoms with Crippen LogP contribution in [0.5, 0.6) is 0 Å². The van der Waals surface area contributed by atoms with Gasteiger partial charge in [-0.15, -0.1) is 0 Å². The standard InChI is InChI=1S/C12H13ClN2O5S/c1-20-11(16)8-14-12(17)15-21(18,19)7-6-9-2-4-10(13)5-3-9/h2-7H,8H2,1H3,(H2,14,15,17). The van der Waals surface area contributed by atoms with Gasteiger partial charge in [0.25, 0.3) is 10.0 Å². The molecule has 0 aromatic heterocycles. The van der Waals surface area contributed by atoms with E-state index in [1.807, 2.05) is 5.32 Å². The summed E-state index contributed by atoms with van der Waals surface area (Å²) >= 11 is 5.70. The Morgan fingerprint density at radius 3 is 2.48 bits per heavy atom. The Morgan fingerprint density at radius 1 is 1.29 bits per heavy atom. The van der Waals surface area contributed by atoms with Gasteiger partial charge >= 0.3 is 12.0 Å². The minimum absolute atomic E-state index is 0.432. The van der Waals surface area contributed by atoms with Crippen molar-refractivity contribution in [1.29, 1.82) is 0 Å². The van der Waals surface area contributed by atoms with Crippen molar-refractivity contribution in [2.45, 2.75) is 0 Å². The van der Waals surface area contributed by atoms with Gasteiger partial charge in [-0.3, -0.25) is 4.79 Å². The van der Waals surface area contributed by atoms with Crippen molar-refractivity contribution in [3.63, 3.8) is 0 Å². The molecule has 0 heterocycles. The van der Waals surface area contributed by atoms with E-state index in [1.165, 1.54) is 6.08 Å².